The van der Waals surface area contributed by atoms with Gasteiger partial charge < -0.3 is 14.4 Å². The maximum Gasteiger partial charge on any atom is 0.335 e. The zero-order valence-corrected chi connectivity index (χ0v) is 14.3. The molecule has 25 heavy (non-hydrogen) atoms. The minimum Gasteiger partial charge on any atom is -0.478 e. The van der Waals surface area contributed by atoms with Crippen molar-refractivity contribution >= 4 is 11.7 Å². The summed E-state index contributed by atoms with van der Waals surface area (Å²) in [5, 5.41) is 9.10. The minimum atomic E-state index is -0.972. The molecule has 0 amide bonds. The SMILES string of the molecule is CCN(CC)c1ccc(-c2coc(-c3cccc(C(=O)O)c3)n2)cc1. The summed E-state index contributed by atoms with van der Waals surface area (Å²) in [5.41, 5.74) is 3.71. The molecule has 0 aliphatic heterocycles. The Morgan fingerprint density at radius 2 is 1.80 bits per heavy atom. The number of nitrogens with zero attached hydrogens (tertiary/aromatic N) is 2. The summed E-state index contributed by atoms with van der Waals surface area (Å²) in [6, 6.07) is 14.7. The molecule has 2 aromatic carbocycles. The Labute approximate surface area is 146 Å². The maximum atomic E-state index is 11.1. The number of oxazole rings is 1. The van der Waals surface area contributed by atoms with Gasteiger partial charge in [-0.05, 0) is 44.2 Å². The molecule has 1 N–H and O–H groups in total. The minimum absolute atomic E-state index is 0.209. The molecule has 0 saturated carbocycles. The molecule has 5 heteroatoms. The van der Waals surface area contributed by atoms with Crippen LogP contribution >= 0.6 is 0 Å². The fourth-order valence-electron chi connectivity index (χ4n) is 2.76. The van der Waals surface area contributed by atoms with Crippen LogP contribution in [0, 0.1) is 0 Å². The molecule has 1 aromatic heterocycles. The first-order valence-electron chi connectivity index (χ1n) is 8.27. The highest BCUT2D eigenvalue weighted by Crippen LogP contribution is 2.27. The smallest absolute Gasteiger partial charge is 0.335 e. The molecule has 3 aromatic rings. The van der Waals surface area contributed by atoms with Gasteiger partial charge in [-0.25, -0.2) is 9.78 Å². The number of carboxylic acids is 1. The van der Waals surface area contributed by atoms with E-state index in [1.807, 2.05) is 12.1 Å². The van der Waals surface area contributed by atoms with Crippen molar-refractivity contribution in [2.75, 3.05) is 18.0 Å². The molecule has 1 heterocycles. The first kappa shape index (κ1) is 16.8. The molecule has 0 bridgehead atoms. The quantitative estimate of drug-likeness (QED) is 0.715. The first-order valence-corrected chi connectivity index (χ1v) is 8.27. The third-order valence-corrected chi connectivity index (χ3v) is 4.15. The fraction of sp³-hybridized carbons (Fsp3) is 0.200. The Kier molecular flexibility index (Phi) is 4.84. The van der Waals surface area contributed by atoms with E-state index in [1.54, 1.807) is 30.5 Å². The van der Waals surface area contributed by atoms with Crippen LogP contribution in [-0.2, 0) is 0 Å². The number of aromatic carboxylic acids is 1. The van der Waals surface area contributed by atoms with E-state index in [0.717, 1.165) is 24.3 Å². The van der Waals surface area contributed by atoms with Gasteiger partial charge >= 0.3 is 5.97 Å². The van der Waals surface area contributed by atoms with Crippen LogP contribution in [0.25, 0.3) is 22.7 Å². The van der Waals surface area contributed by atoms with Crippen molar-refractivity contribution in [3.63, 3.8) is 0 Å². The van der Waals surface area contributed by atoms with Gasteiger partial charge in [0.15, 0.2) is 0 Å². The molecule has 0 fully saturated rings. The molecule has 0 aliphatic rings. The zero-order chi connectivity index (χ0) is 17.8. The Bertz CT molecular complexity index is 865. The van der Waals surface area contributed by atoms with Gasteiger partial charge in [-0.2, -0.15) is 0 Å². The number of carbonyl (C=O) groups is 1. The molecule has 0 saturated heterocycles. The number of hydrogen-bond donors (Lipinski definition) is 1. The van der Waals surface area contributed by atoms with Crippen molar-refractivity contribution in [2.45, 2.75) is 13.8 Å². The van der Waals surface area contributed by atoms with Crippen molar-refractivity contribution in [1.82, 2.24) is 4.98 Å². The molecular weight excluding hydrogens is 316 g/mol. The average molecular weight is 336 g/mol. The topological polar surface area (TPSA) is 66.6 Å². The monoisotopic (exact) mass is 336 g/mol. The first-order chi connectivity index (χ1) is 12.1. The second-order valence-electron chi connectivity index (χ2n) is 5.64. The number of carboxylic acid groups (broad SMARTS) is 1. The molecule has 5 nitrogen and oxygen atoms in total. The Balaban J connectivity index is 1.86. The van der Waals surface area contributed by atoms with Crippen LogP contribution in [0.5, 0.6) is 0 Å². The number of aromatic nitrogens is 1. The lowest BCUT2D eigenvalue weighted by Gasteiger charge is -2.20. The van der Waals surface area contributed by atoms with Gasteiger partial charge in [0, 0.05) is 29.9 Å². The summed E-state index contributed by atoms with van der Waals surface area (Å²) in [6.07, 6.45) is 1.59. The van der Waals surface area contributed by atoms with Crippen molar-refractivity contribution in [1.29, 1.82) is 0 Å². The Hall–Kier alpha value is -3.08. The van der Waals surface area contributed by atoms with E-state index in [9.17, 15) is 4.79 Å². The summed E-state index contributed by atoms with van der Waals surface area (Å²) < 4.78 is 5.55. The van der Waals surface area contributed by atoms with Crippen LogP contribution in [0.1, 0.15) is 24.2 Å². The van der Waals surface area contributed by atoms with Crippen LogP contribution in [0.15, 0.2) is 59.2 Å². The van der Waals surface area contributed by atoms with Gasteiger partial charge in [-0.3, -0.25) is 0 Å². The maximum absolute atomic E-state index is 11.1. The summed E-state index contributed by atoms with van der Waals surface area (Å²) >= 11 is 0. The standard InChI is InChI=1S/C20H20N2O3/c1-3-22(4-2)17-10-8-14(9-11-17)18-13-25-19(21-18)15-6-5-7-16(12-15)20(23)24/h5-13H,3-4H2,1-2H3,(H,23,24). The molecular formula is C20H20N2O3. The van der Waals surface area contributed by atoms with E-state index in [-0.39, 0.29) is 5.56 Å². The van der Waals surface area contributed by atoms with E-state index < -0.39 is 5.97 Å². The molecule has 128 valence electrons. The summed E-state index contributed by atoms with van der Waals surface area (Å²) in [6.45, 7) is 6.19. The third-order valence-electron chi connectivity index (χ3n) is 4.15. The molecule has 0 spiro atoms. The second-order valence-corrected chi connectivity index (χ2v) is 5.64. The van der Waals surface area contributed by atoms with E-state index in [1.165, 1.54) is 5.69 Å². The predicted molar refractivity (Wildman–Crippen MR) is 97.9 cm³/mol. The highest BCUT2D eigenvalue weighted by atomic mass is 16.4. The van der Waals surface area contributed by atoms with Crippen LogP contribution in [0.4, 0.5) is 5.69 Å². The summed E-state index contributed by atoms with van der Waals surface area (Å²) in [4.78, 5) is 17.9. The van der Waals surface area contributed by atoms with Crippen molar-refractivity contribution < 1.29 is 14.3 Å². The summed E-state index contributed by atoms with van der Waals surface area (Å²) in [7, 11) is 0. The highest BCUT2D eigenvalue weighted by Gasteiger charge is 2.11. The lowest BCUT2D eigenvalue weighted by molar-refractivity contribution is 0.0697. The van der Waals surface area contributed by atoms with Gasteiger partial charge in [-0.1, -0.05) is 18.2 Å². The molecule has 0 atom stereocenters. The van der Waals surface area contributed by atoms with Crippen LogP contribution in [-0.4, -0.2) is 29.1 Å². The number of rotatable bonds is 6. The van der Waals surface area contributed by atoms with E-state index in [0.29, 0.717) is 11.5 Å². The average Bonchev–Trinajstić information content (AvgIpc) is 3.13. The van der Waals surface area contributed by atoms with Crippen molar-refractivity contribution in [3.05, 3.63) is 60.4 Å². The lowest BCUT2D eigenvalue weighted by Crippen LogP contribution is -2.21. The van der Waals surface area contributed by atoms with Crippen molar-refractivity contribution in [3.8, 4) is 22.7 Å². The zero-order valence-electron chi connectivity index (χ0n) is 14.3. The van der Waals surface area contributed by atoms with E-state index in [2.05, 4.69) is 35.9 Å². The normalized spacial score (nSPS) is 10.6. The number of benzene rings is 2. The van der Waals surface area contributed by atoms with Gasteiger partial charge in [0.05, 0.1) is 5.56 Å². The van der Waals surface area contributed by atoms with Crippen LogP contribution in [0.3, 0.4) is 0 Å². The van der Waals surface area contributed by atoms with E-state index in [4.69, 9.17) is 9.52 Å². The third kappa shape index (κ3) is 3.55. The fourth-order valence-corrected chi connectivity index (χ4v) is 2.76. The van der Waals surface area contributed by atoms with Crippen LogP contribution < -0.4 is 4.90 Å². The van der Waals surface area contributed by atoms with Gasteiger partial charge in [-0.15, -0.1) is 0 Å². The second kappa shape index (κ2) is 7.21. The number of anilines is 1. The molecule has 0 unspecified atom stereocenters. The highest BCUT2D eigenvalue weighted by molar-refractivity contribution is 5.89. The van der Waals surface area contributed by atoms with Crippen LogP contribution in [0.2, 0.25) is 0 Å². The Morgan fingerprint density at radius 1 is 1.08 bits per heavy atom. The molecule has 0 aliphatic carbocycles. The lowest BCUT2D eigenvalue weighted by atomic mass is 10.1. The summed E-state index contributed by atoms with van der Waals surface area (Å²) in [5.74, 6) is -0.563. The van der Waals surface area contributed by atoms with E-state index >= 15 is 0 Å². The van der Waals surface area contributed by atoms with Gasteiger partial charge in [0.2, 0.25) is 5.89 Å². The number of hydrogen-bond acceptors (Lipinski definition) is 4. The predicted octanol–water partition coefficient (Wildman–Crippen LogP) is 4.55. The van der Waals surface area contributed by atoms with Crippen molar-refractivity contribution in [2.24, 2.45) is 0 Å². The molecule has 0 radical (unpaired) electrons. The molecule has 3 rings (SSSR count). The van der Waals surface area contributed by atoms with Gasteiger partial charge in [0.25, 0.3) is 0 Å². The largest absolute Gasteiger partial charge is 0.478 e. The Morgan fingerprint density at radius 3 is 2.44 bits per heavy atom. The van der Waals surface area contributed by atoms with Gasteiger partial charge in [0.1, 0.15) is 12.0 Å².